The number of carbonyl (C=O) groups is 1. The van der Waals surface area contributed by atoms with Crippen molar-refractivity contribution in [2.45, 2.75) is 6.54 Å². The van der Waals surface area contributed by atoms with Crippen molar-refractivity contribution in [2.24, 2.45) is 7.05 Å². The number of aryl methyl sites for hydroxylation is 1. The first-order valence-corrected chi connectivity index (χ1v) is 8.40. The van der Waals surface area contributed by atoms with Gasteiger partial charge in [-0.2, -0.15) is 5.10 Å². The van der Waals surface area contributed by atoms with E-state index in [4.69, 9.17) is 11.6 Å². The van der Waals surface area contributed by atoms with Crippen LogP contribution in [0.2, 0.25) is 5.02 Å². The Morgan fingerprint density at radius 3 is 2.54 bits per heavy atom. The highest BCUT2D eigenvalue weighted by molar-refractivity contribution is 6.30. The summed E-state index contributed by atoms with van der Waals surface area (Å²) in [6, 6.07) is 7.94. The largest absolute Gasteiger partial charge is 0.337 e. The monoisotopic (exact) mass is 344 g/mol. The van der Waals surface area contributed by atoms with E-state index in [2.05, 4.69) is 22.1 Å². The van der Waals surface area contributed by atoms with E-state index in [1.54, 1.807) is 17.0 Å². The lowest BCUT2D eigenvalue weighted by Gasteiger charge is -2.34. The Balaban J connectivity index is 1.48. The van der Waals surface area contributed by atoms with Crippen LogP contribution in [0.5, 0.6) is 0 Å². The van der Waals surface area contributed by atoms with Crippen LogP contribution in [-0.4, -0.2) is 51.7 Å². The molecule has 1 aromatic carbocycles. The molecule has 1 fully saturated rings. The van der Waals surface area contributed by atoms with E-state index in [1.807, 2.05) is 36.4 Å². The fourth-order valence-electron chi connectivity index (χ4n) is 2.77. The number of amides is 1. The van der Waals surface area contributed by atoms with Gasteiger partial charge in [0.1, 0.15) is 0 Å². The van der Waals surface area contributed by atoms with Crippen molar-refractivity contribution in [1.29, 1.82) is 0 Å². The van der Waals surface area contributed by atoms with Gasteiger partial charge in [0.25, 0.3) is 0 Å². The molecule has 0 spiro atoms. The minimum atomic E-state index is 0.0602. The molecule has 2 aromatic rings. The van der Waals surface area contributed by atoms with Crippen molar-refractivity contribution in [3.05, 3.63) is 58.9 Å². The van der Waals surface area contributed by atoms with Crippen molar-refractivity contribution in [3.8, 4) is 0 Å². The maximum Gasteiger partial charge on any atom is 0.246 e. The second kappa shape index (κ2) is 7.64. The topological polar surface area (TPSA) is 41.4 Å². The molecular weight excluding hydrogens is 324 g/mol. The molecule has 2 heterocycles. The zero-order valence-electron chi connectivity index (χ0n) is 13.7. The van der Waals surface area contributed by atoms with Gasteiger partial charge in [-0.1, -0.05) is 23.7 Å². The summed E-state index contributed by atoms with van der Waals surface area (Å²) in [6.45, 7) is 4.17. The van der Waals surface area contributed by atoms with E-state index in [0.717, 1.165) is 43.3 Å². The molecule has 1 amide bonds. The number of aromatic nitrogens is 2. The van der Waals surface area contributed by atoms with Crippen LogP contribution in [0.3, 0.4) is 0 Å². The third kappa shape index (κ3) is 4.46. The molecule has 3 rings (SSSR count). The van der Waals surface area contributed by atoms with Crippen LogP contribution in [0, 0.1) is 0 Å². The lowest BCUT2D eigenvalue weighted by Crippen LogP contribution is -2.47. The zero-order valence-corrected chi connectivity index (χ0v) is 14.5. The first-order chi connectivity index (χ1) is 11.6. The number of rotatable bonds is 4. The second-order valence-electron chi connectivity index (χ2n) is 6.01. The SMILES string of the molecule is Cn1cc(C=CC(=O)N2CCN(Cc3ccc(Cl)cc3)CC2)cn1. The van der Waals surface area contributed by atoms with Crippen LogP contribution in [0.4, 0.5) is 0 Å². The summed E-state index contributed by atoms with van der Waals surface area (Å²) in [5.41, 5.74) is 2.18. The molecule has 126 valence electrons. The quantitative estimate of drug-likeness (QED) is 0.800. The lowest BCUT2D eigenvalue weighted by atomic mass is 10.2. The molecule has 0 saturated carbocycles. The highest BCUT2D eigenvalue weighted by Gasteiger charge is 2.19. The van der Waals surface area contributed by atoms with Crippen molar-refractivity contribution < 1.29 is 4.79 Å². The first-order valence-electron chi connectivity index (χ1n) is 8.02. The van der Waals surface area contributed by atoms with Gasteiger partial charge in [0.2, 0.25) is 5.91 Å². The Labute approximate surface area is 147 Å². The summed E-state index contributed by atoms with van der Waals surface area (Å²) < 4.78 is 1.72. The van der Waals surface area contributed by atoms with Crippen molar-refractivity contribution >= 4 is 23.6 Å². The van der Waals surface area contributed by atoms with Gasteiger partial charge < -0.3 is 4.90 Å². The number of piperazine rings is 1. The standard InChI is InChI=1S/C18H21ClN4O/c1-21-13-16(12-20-21)4-7-18(24)23-10-8-22(9-11-23)14-15-2-5-17(19)6-3-15/h2-7,12-13H,8-11,14H2,1H3. The average molecular weight is 345 g/mol. The molecule has 0 radical (unpaired) electrons. The molecule has 0 unspecified atom stereocenters. The van der Waals surface area contributed by atoms with E-state index >= 15 is 0 Å². The van der Waals surface area contributed by atoms with Crippen molar-refractivity contribution in [2.75, 3.05) is 26.2 Å². The van der Waals surface area contributed by atoms with Crippen LogP contribution in [0.1, 0.15) is 11.1 Å². The minimum absolute atomic E-state index is 0.0602. The van der Waals surface area contributed by atoms with Crippen LogP contribution in [0.25, 0.3) is 6.08 Å². The van der Waals surface area contributed by atoms with Gasteiger partial charge in [0, 0.05) is 62.6 Å². The van der Waals surface area contributed by atoms with Gasteiger partial charge >= 0.3 is 0 Å². The summed E-state index contributed by atoms with van der Waals surface area (Å²) in [7, 11) is 1.86. The number of hydrogen-bond donors (Lipinski definition) is 0. The molecule has 0 atom stereocenters. The fourth-order valence-corrected chi connectivity index (χ4v) is 2.90. The number of benzene rings is 1. The zero-order chi connectivity index (χ0) is 16.9. The van der Waals surface area contributed by atoms with Crippen LogP contribution < -0.4 is 0 Å². The molecule has 1 aromatic heterocycles. The second-order valence-corrected chi connectivity index (χ2v) is 6.45. The molecule has 5 nitrogen and oxygen atoms in total. The molecule has 0 N–H and O–H groups in total. The number of hydrogen-bond acceptors (Lipinski definition) is 3. The van der Waals surface area contributed by atoms with E-state index in [9.17, 15) is 4.79 Å². The number of halogens is 1. The maximum atomic E-state index is 12.3. The Kier molecular flexibility index (Phi) is 5.33. The average Bonchev–Trinajstić information content (AvgIpc) is 3.01. The fraction of sp³-hybridized carbons (Fsp3) is 0.333. The third-order valence-electron chi connectivity index (χ3n) is 4.15. The van der Waals surface area contributed by atoms with Crippen LogP contribution in [0.15, 0.2) is 42.7 Å². The molecule has 1 aliphatic rings. The Hall–Kier alpha value is -2.11. The van der Waals surface area contributed by atoms with Gasteiger partial charge in [-0.25, -0.2) is 0 Å². The predicted molar refractivity (Wildman–Crippen MR) is 95.6 cm³/mol. The van der Waals surface area contributed by atoms with E-state index in [-0.39, 0.29) is 5.91 Å². The minimum Gasteiger partial charge on any atom is -0.337 e. The van der Waals surface area contributed by atoms with E-state index < -0.39 is 0 Å². The molecule has 1 aliphatic heterocycles. The van der Waals surface area contributed by atoms with Gasteiger partial charge in [0.05, 0.1) is 6.20 Å². The van der Waals surface area contributed by atoms with E-state index in [0.29, 0.717) is 0 Å². The summed E-state index contributed by atoms with van der Waals surface area (Å²) in [5, 5.41) is 4.85. The van der Waals surface area contributed by atoms with Crippen LogP contribution >= 0.6 is 11.6 Å². The summed E-state index contributed by atoms with van der Waals surface area (Å²) in [6.07, 6.45) is 7.07. The van der Waals surface area contributed by atoms with Crippen molar-refractivity contribution in [3.63, 3.8) is 0 Å². The molecule has 6 heteroatoms. The number of carbonyl (C=O) groups excluding carboxylic acids is 1. The Morgan fingerprint density at radius 2 is 1.92 bits per heavy atom. The molecule has 24 heavy (non-hydrogen) atoms. The molecule has 0 bridgehead atoms. The Bertz CT molecular complexity index is 715. The molecule has 0 aliphatic carbocycles. The summed E-state index contributed by atoms with van der Waals surface area (Å²) in [4.78, 5) is 16.5. The normalized spacial score (nSPS) is 16.0. The van der Waals surface area contributed by atoms with Gasteiger partial charge in [-0.3, -0.25) is 14.4 Å². The number of nitrogens with zero attached hydrogens (tertiary/aromatic N) is 4. The van der Waals surface area contributed by atoms with Gasteiger partial charge in [-0.05, 0) is 23.8 Å². The Morgan fingerprint density at radius 1 is 1.21 bits per heavy atom. The molecular formula is C18H21ClN4O. The van der Waals surface area contributed by atoms with Gasteiger partial charge in [0.15, 0.2) is 0 Å². The summed E-state index contributed by atoms with van der Waals surface area (Å²) in [5.74, 6) is 0.0602. The summed E-state index contributed by atoms with van der Waals surface area (Å²) >= 11 is 5.91. The lowest BCUT2D eigenvalue weighted by molar-refractivity contribution is -0.127. The third-order valence-corrected chi connectivity index (χ3v) is 4.40. The van der Waals surface area contributed by atoms with E-state index in [1.165, 1.54) is 5.56 Å². The first kappa shape index (κ1) is 16.7. The van der Waals surface area contributed by atoms with Crippen LogP contribution in [-0.2, 0) is 18.4 Å². The smallest absolute Gasteiger partial charge is 0.246 e. The predicted octanol–water partition coefficient (Wildman–Crippen LogP) is 2.43. The molecule has 1 saturated heterocycles. The van der Waals surface area contributed by atoms with Crippen molar-refractivity contribution in [1.82, 2.24) is 19.6 Å². The van der Waals surface area contributed by atoms with Gasteiger partial charge in [-0.15, -0.1) is 0 Å². The highest BCUT2D eigenvalue weighted by Crippen LogP contribution is 2.13. The highest BCUT2D eigenvalue weighted by atomic mass is 35.5. The maximum absolute atomic E-state index is 12.3.